The zero-order chi connectivity index (χ0) is 17.0. The van der Waals surface area contributed by atoms with Gasteiger partial charge >= 0.3 is 5.97 Å². The van der Waals surface area contributed by atoms with E-state index >= 15 is 0 Å². The molecule has 2 rings (SSSR count). The van der Waals surface area contributed by atoms with Crippen molar-refractivity contribution in [1.82, 2.24) is 0 Å². The standard InChI is InChI=1S/C17H20N2O4/c1-11(2)8-17(22)23-10-16(21)19-12(3)9-15(20)18-13-6-4-5-7-14(13)19/h4-8,12H,9-10H2,1-3H3,(H,18,20)/t12-/m1/s1. The molecule has 0 radical (unpaired) electrons. The molecule has 122 valence electrons. The molecular weight excluding hydrogens is 296 g/mol. The SMILES string of the molecule is CC(C)=CC(=O)OCC(=O)N1c2ccccc2NC(=O)C[C@H]1C. The molecule has 0 aliphatic carbocycles. The summed E-state index contributed by atoms with van der Waals surface area (Å²) in [5.74, 6) is -1.07. The number of ether oxygens (including phenoxy) is 1. The van der Waals surface area contributed by atoms with Crippen LogP contribution in [0.25, 0.3) is 0 Å². The third-order valence-corrected chi connectivity index (χ3v) is 3.37. The van der Waals surface area contributed by atoms with Crippen LogP contribution in [-0.4, -0.2) is 30.4 Å². The van der Waals surface area contributed by atoms with Crippen molar-refractivity contribution < 1.29 is 19.1 Å². The Morgan fingerprint density at radius 2 is 2.04 bits per heavy atom. The van der Waals surface area contributed by atoms with Crippen LogP contribution in [-0.2, 0) is 19.1 Å². The molecule has 1 aromatic carbocycles. The van der Waals surface area contributed by atoms with Gasteiger partial charge in [-0.1, -0.05) is 17.7 Å². The number of nitrogens with one attached hydrogen (secondary N) is 1. The van der Waals surface area contributed by atoms with Crippen molar-refractivity contribution in [2.24, 2.45) is 0 Å². The third kappa shape index (κ3) is 4.18. The number of amides is 2. The van der Waals surface area contributed by atoms with E-state index in [-0.39, 0.29) is 30.9 Å². The van der Waals surface area contributed by atoms with Gasteiger partial charge in [-0.2, -0.15) is 0 Å². The number of carbonyl (C=O) groups is 3. The Morgan fingerprint density at radius 1 is 1.35 bits per heavy atom. The van der Waals surface area contributed by atoms with E-state index < -0.39 is 5.97 Å². The first-order valence-corrected chi connectivity index (χ1v) is 7.41. The molecular formula is C17H20N2O4. The van der Waals surface area contributed by atoms with E-state index in [0.717, 1.165) is 5.57 Å². The van der Waals surface area contributed by atoms with Gasteiger partial charge < -0.3 is 15.0 Å². The number of hydrogen-bond donors (Lipinski definition) is 1. The van der Waals surface area contributed by atoms with Gasteiger partial charge in [-0.05, 0) is 32.9 Å². The van der Waals surface area contributed by atoms with Crippen molar-refractivity contribution >= 4 is 29.2 Å². The lowest BCUT2D eigenvalue weighted by molar-refractivity contribution is -0.143. The van der Waals surface area contributed by atoms with E-state index in [2.05, 4.69) is 5.32 Å². The average Bonchev–Trinajstić information content (AvgIpc) is 2.58. The molecule has 0 saturated heterocycles. The molecule has 0 fully saturated rings. The van der Waals surface area contributed by atoms with E-state index in [9.17, 15) is 14.4 Å². The lowest BCUT2D eigenvalue weighted by Gasteiger charge is -2.27. The summed E-state index contributed by atoms with van der Waals surface area (Å²) in [5, 5.41) is 2.78. The van der Waals surface area contributed by atoms with E-state index in [1.165, 1.54) is 11.0 Å². The van der Waals surface area contributed by atoms with E-state index in [1.807, 2.05) is 0 Å². The van der Waals surface area contributed by atoms with Gasteiger partial charge in [-0.25, -0.2) is 4.79 Å². The van der Waals surface area contributed by atoms with E-state index in [0.29, 0.717) is 11.4 Å². The molecule has 6 heteroatoms. The van der Waals surface area contributed by atoms with Gasteiger partial charge in [0.15, 0.2) is 6.61 Å². The monoisotopic (exact) mass is 316 g/mol. The van der Waals surface area contributed by atoms with Gasteiger partial charge in [-0.3, -0.25) is 9.59 Å². The summed E-state index contributed by atoms with van der Waals surface area (Å²) in [6, 6.07) is 6.74. The van der Waals surface area contributed by atoms with Crippen molar-refractivity contribution in [3.05, 3.63) is 35.9 Å². The van der Waals surface area contributed by atoms with Crippen LogP contribution < -0.4 is 10.2 Å². The van der Waals surface area contributed by atoms with Crippen LogP contribution in [0.5, 0.6) is 0 Å². The van der Waals surface area contributed by atoms with Gasteiger partial charge in [-0.15, -0.1) is 0 Å². The first-order valence-electron chi connectivity index (χ1n) is 7.41. The van der Waals surface area contributed by atoms with Gasteiger partial charge in [0.25, 0.3) is 5.91 Å². The number of allylic oxidation sites excluding steroid dienone is 1. The summed E-state index contributed by atoms with van der Waals surface area (Å²) in [6.45, 7) is 4.97. The molecule has 1 aromatic rings. The Balaban J connectivity index is 2.19. The second-order valence-corrected chi connectivity index (χ2v) is 5.71. The minimum absolute atomic E-state index is 0.151. The minimum atomic E-state index is -0.552. The summed E-state index contributed by atoms with van der Waals surface area (Å²) < 4.78 is 4.99. The van der Waals surface area contributed by atoms with Crippen LogP contribution in [0.1, 0.15) is 27.2 Å². The maximum absolute atomic E-state index is 12.5. The van der Waals surface area contributed by atoms with Gasteiger partial charge in [0, 0.05) is 18.5 Å². The second kappa shape index (κ2) is 7.09. The predicted octanol–water partition coefficient (Wildman–Crippen LogP) is 2.26. The molecule has 2 amide bonds. The smallest absolute Gasteiger partial charge is 0.331 e. The number of fused-ring (bicyclic) bond motifs is 1. The van der Waals surface area contributed by atoms with Crippen molar-refractivity contribution in [2.75, 3.05) is 16.8 Å². The summed E-state index contributed by atoms with van der Waals surface area (Å²) in [6.07, 6.45) is 1.51. The molecule has 1 atom stereocenters. The van der Waals surface area contributed by atoms with Crippen LogP contribution in [0, 0.1) is 0 Å². The average molecular weight is 316 g/mol. The van der Waals surface area contributed by atoms with Crippen molar-refractivity contribution in [1.29, 1.82) is 0 Å². The summed E-state index contributed by atoms with van der Waals surface area (Å²) in [5.41, 5.74) is 1.98. The molecule has 1 aliphatic rings. The number of rotatable bonds is 3. The van der Waals surface area contributed by atoms with Crippen LogP contribution in [0.2, 0.25) is 0 Å². The number of anilines is 2. The second-order valence-electron chi connectivity index (χ2n) is 5.71. The Bertz CT molecular complexity index is 662. The van der Waals surface area contributed by atoms with Crippen LogP contribution in [0.3, 0.4) is 0 Å². The van der Waals surface area contributed by atoms with E-state index in [4.69, 9.17) is 4.74 Å². The molecule has 0 spiro atoms. The summed E-state index contributed by atoms with van der Waals surface area (Å²) >= 11 is 0. The van der Waals surface area contributed by atoms with Crippen LogP contribution >= 0.6 is 0 Å². The Kier molecular flexibility index (Phi) is 5.16. The Labute approximate surface area is 135 Å². The van der Waals surface area contributed by atoms with E-state index in [1.54, 1.807) is 45.0 Å². The molecule has 1 aliphatic heterocycles. The highest BCUT2D eigenvalue weighted by molar-refractivity contribution is 6.05. The fraction of sp³-hybridized carbons (Fsp3) is 0.353. The lowest BCUT2D eigenvalue weighted by atomic mass is 10.1. The maximum atomic E-state index is 12.5. The number of para-hydroxylation sites is 2. The molecule has 23 heavy (non-hydrogen) atoms. The van der Waals surface area contributed by atoms with Crippen LogP contribution in [0.4, 0.5) is 11.4 Å². The topological polar surface area (TPSA) is 75.7 Å². The zero-order valence-corrected chi connectivity index (χ0v) is 13.5. The quantitative estimate of drug-likeness (QED) is 0.685. The van der Waals surface area contributed by atoms with Gasteiger partial charge in [0.1, 0.15) is 0 Å². The first kappa shape index (κ1) is 16.7. The molecule has 0 saturated carbocycles. The number of carbonyl (C=O) groups excluding carboxylic acids is 3. The van der Waals surface area contributed by atoms with Gasteiger partial charge in [0.05, 0.1) is 11.4 Å². The maximum Gasteiger partial charge on any atom is 0.331 e. The zero-order valence-electron chi connectivity index (χ0n) is 13.5. The van der Waals surface area contributed by atoms with Gasteiger partial charge in [0.2, 0.25) is 5.91 Å². The van der Waals surface area contributed by atoms with Crippen molar-refractivity contribution in [3.8, 4) is 0 Å². The number of benzene rings is 1. The third-order valence-electron chi connectivity index (χ3n) is 3.37. The first-order chi connectivity index (χ1) is 10.9. The highest BCUT2D eigenvalue weighted by Gasteiger charge is 2.29. The highest BCUT2D eigenvalue weighted by atomic mass is 16.5. The van der Waals surface area contributed by atoms with Crippen molar-refractivity contribution in [3.63, 3.8) is 0 Å². The molecule has 6 nitrogen and oxygen atoms in total. The normalized spacial score (nSPS) is 16.7. The molecule has 1 N–H and O–H groups in total. The minimum Gasteiger partial charge on any atom is -0.452 e. The largest absolute Gasteiger partial charge is 0.452 e. The predicted molar refractivity (Wildman–Crippen MR) is 87.0 cm³/mol. The molecule has 0 bridgehead atoms. The molecule has 0 unspecified atom stereocenters. The fourth-order valence-electron chi connectivity index (χ4n) is 2.45. The summed E-state index contributed by atoms with van der Waals surface area (Å²) in [7, 11) is 0. The van der Waals surface area contributed by atoms with Crippen molar-refractivity contribution in [2.45, 2.75) is 33.2 Å². The lowest BCUT2D eigenvalue weighted by Crippen LogP contribution is -2.41. The Morgan fingerprint density at radius 3 is 2.74 bits per heavy atom. The number of nitrogens with zero attached hydrogens (tertiary/aromatic N) is 1. The van der Waals surface area contributed by atoms with Crippen LogP contribution in [0.15, 0.2) is 35.9 Å². The highest BCUT2D eigenvalue weighted by Crippen LogP contribution is 2.31. The number of esters is 1. The molecule has 0 aromatic heterocycles. The summed E-state index contributed by atoms with van der Waals surface area (Å²) in [4.78, 5) is 37.4. The number of hydrogen-bond acceptors (Lipinski definition) is 4. The molecule has 1 heterocycles. The Hall–Kier alpha value is -2.63. The fourth-order valence-corrected chi connectivity index (χ4v) is 2.45.